The van der Waals surface area contributed by atoms with Crippen LogP contribution in [0.1, 0.15) is 18.5 Å². The van der Waals surface area contributed by atoms with E-state index in [0.717, 1.165) is 11.8 Å². The largest absolute Gasteiger partial charge is 0.489 e. The van der Waals surface area contributed by atoms with E-state index in [1.807, 2.05) is 19.1 Å². The Bertz CT molecular complexity index is 801. The molecule has 128 valence electrons. The van der Waals surface area contributed by atoms with E-state index in [0.29, 0.717) is 31.7 Å². The third-order valence-corrected chi connectivity index (χ3v) is 5.97. The van der Waals surface area contributed by atoms with Gasteiger partial charge in [0.15, 0.2) is 0 Å². The maximum atomic E-state index is 13.8. The summed E-state index contributed by atoms with van der Waals surface area (Å²) in [5, 5.41) is 0. The summed E-state index contributed by atoms with van der Waals surface area (Å²) in [6, 6.07) is 9.18. The average molecular weight is 350 g/mol. The predicted molar refractivity (Wildman–Crippen MR) is 87.8 cm³/mol. The molecule has 0 bridgehead atoms. The van der Waals surface area contributed by atoms with Crippen LogP contribution in [-0.4, -0.2) is 36.9 Å². The lowest BCUT2D eigenvalue weighted by atomic mass is 10.1. The van der Waals surface area contributed by atoms with Gasteiger partial charge < -0.3 is 4.74 Å². The molecule has 0 atom stereocenters. The molecule has 0 N–H and O–H groups in total. The zero-order valence-electron chi connectivity index (χ0n) is 13.4. The quantitative estimate of drug-likeness (QED) is 0.851. The maximum Gasteiger partial charge on any atom is 0.245 e. The smallest absolute Gasteiger partial charge is 0.245 e. The van der Waals surface area contributed by atoms with Gasteiger partial charge in [0.05, 0.1) is 6.20 Å². The highest BCUT2D eigenvalue weighted by atomic mass is 32.2. The summed E-state index contributed by atoms with van der Waals surface area (Å²) in [6.45, 7) is 2.51. The minimum absolute atomic E-state index is 0.0680. The highest BCUT2D eigenvalue weighted by Crippen LogP contribution is 2.24. The van der Waals surface area contributed by atoms with Crippen LogP contribution >= 0.6 is 0 Å². The van der Waals surface area contributed by atoms with Gasteiger partial charge in [0, 0.05) is 18.8 Å². The Kier molecular flexibility index (Phi) is 4.82. The average Bonchev–Trinajstić information content (AvgIpc) is 2.58. The van der Waals surface area contributed by atoms with Crippen molar-refractivity contribution in [2.45, 2.75) is 30.8 Å². The van der Waals surface area contributed by atoms with E-state index in [1.165, 1.54) is 22.5 Å². The van der Waals surface area contributed by atoms with Crippen LogP contribution in [0.4, 0.5) is 4.39 Å². The minimum atomic E-state index is -3.80. The van der Waals surface area contributed by atoms with Crippen LogP contribution in [0.2, 0.25) is 0 Å². The van der Waals surface area contributed by atoms with Crippen molar-refractivity contribution in [2.24, 2.45) is 0 Å². The summed E-state index contributed by atoms with van der Waals surface area (Å²) in [4.78, 5) is 3.90. The van der Waals surface area contributed by atoms with Gasteiger partial charge >= 0.3 is 0 Å². The summed E-state index contributed by atoms with van der Waals surface area (Å²) in [6.07, 6.45) is 2.71. The molecule has 0 aliphatic carbocycles. The lowest BCUT2D eigenvalue weighted by molar-refractivity contribution is 0.134. The molecule has 1 fully saturated rings. The molecule has 1 aliphatic heterocycles. The van der Waals surface area contributed by atoms with Gasteiger partial charge in [-0.3, -0.25) is 4.98 Å². The second-order valence-corrected chi connectivity index (χ2v) is 7.69. The fraction of sp³-hybridized carbons (Fsp3) is 0.353. The molecule has 0 radical (unpaired) electrons. The van der Waals surface area contributed by atoms with E-state index in [1.54, 1.807) is 6.20 Å². The van der Waals surface area contributed by atoms with Crippen LogP contribution < -0.4 is 4.74 Å². The van der Waals surface area contributed by atoms with Gasteiger partial charge in [0.1, 0.15) is 22.6 Å². The molecule has 24 heavy (non-hydrogen) atoms. The van der Waals surface area contributed by atoms with E-state index in [9.17, 15) is 12.8 Å². The second kappa shape index (κ2) is 6.86. The number of aromatic nitrogens is 1. The first-order chi connectivity index (χ1) is 11.5. The van der Waals surface area contributed by atoms with E-state index in [4.69, 9.17) is 4.74 Å². The van der Waals surface area contributed by atoms with Gasteiger partial charge in [-0.15, -0.1) is 0 Å². The first-order valence-corrected chi connectivity index (χ1v) is 9.25. The fourth-order valence-corrected chi connectivity index (χ4v) is 4.23. The molecule has 5 nitrogen and oxygen atoms in total. The lowest BCUT2D eigenvalue weighted by Crippen LogP contribution is -2.42. The van der Waals surface area contributed by atoms with Crippen LogP contribution in [0.5, 0.6) is 5.75 Å². The fourth-order valence-electron chi connectivity index (χ4n) is 2.70. The van der Waals surface area contributed by atoms with Crippen molar-refractivity contribution in [3.63, 3.8) is 0 Å². The predicted octanol–water partition coefficient (Wildman–Crippen LogP) is 2.76. The van der Waals surface area contributed by atoms with Gasteiger partial charge in [0.2, 0.25) is 10.0 Å². The van der Waals surface area contributed by atoms with Crippen LogP contribution in [0.3, 0.4) is 0 Å². The van der Waals surface area contributed by atoms with Crippen molar-refractivity contribution in [3.05, 3.63) is 54.1 Å². The maximum absolute atomic E-state index is 13.8. The molecule has 1 aromatic heterocycles. The van der Waals surface area contributed by atoms with Gasteiger partial charge in [-0.25, -0.2) is 12.8 Å². The third kappa shape index (κ3) is 3.57. The number of ether oxygens (including phenoxy) is 1. The van der Waals surface area contributed by atoms with Gasteiger partial charge in [-0.1, -0.05) is 12.1 Å². The van der Waals surface area contributed by atoms with E-state index < -0.39 is 15.8 Å². The molecule has 0 unspecified atom stereocenters. The Labute approximate surface area is 141 Å². The molecular formula is C17H19FN2O3S. The number of aryl methyl sites for hydroxylation is 1. The summed E-state index contributed by atoms with van der Waals surface area (Å²) in [5.41, 5.74) is 0.910. The van der Waals surface area contributed by atoms with Gasteiger partial charge in [0.25, 0.3) is 0 Å². The number of sulfonamides is 1. The van der Waals surface area contributed by atoms with Crippen LogP contribution in [0.25, 0.3) is 0 Å². The molecule has 3 rings (SSSR count). The molecule has 2 aromatic rings. The number of nitrogens with zero attached hydrogens (tertiary/aromatic N) is 2. The van der Waals surface area contributed by atoms with Crippen molar-refractivity contribution >= 4 is 10.0 Å². The number of piperidine rings is 1. The van der Waals surface area contributed by atoms with Crippen molar-refractivity contribution in [1.82, 2.24) is 9.29 Å². The first-order valence-electron chi connectivity index (χ1n) is 7.81. The number of hydrogen-bond acceptors (Lipinski definition) is 4. The van der Waals surface area contributed by atoms with Crippen LogP contribution in [0.15, 0.2) is 47.5 Å². The van der Waals surface area contributed by atoms with Gasteiger partial charge in [-0.2, -0.15) is 4.31 Å². The lowest BCUT2D eigenvalue weighted by Gasteiger charge is -2.31. The Balaban J connectivity index is 1.64. The molecular weight excluding hydrogens is 331 g/mol. The van der Waals surface area contributed by atoms with Crippen molar-refractivity contribution < 1.29 is 17.5 Å². The van der Waals surface area contributed by atoms with Crippen molar-refractivity contribution in [1.29, 1.82) is 0 Å². The van der Waals surface area contributed by atoms with Crippen molar-refractivity contribution in [3.8, 4) is 5.75 Å². The molecule has 0 spiro atoms. The molecule has 1 aliphatic rings. The minimum Gasteiger partial charge on any atom is -0.489 e. The molecule has 1 aromatic carbocycles. The standard InChI is InChI=1S/C17H19FN2O3S/c1-13-6-7-15(12-19-13)23-14-8-10-20(11-9-14)24(21,22)17-5-3-2-4-16(17)18/h2-7,12,14H,8-11H2,1H3. The Hall–Kier alpha value is -1.99. The first kappa shape index (κ1) is 16.9. The molecule has 0 saturated carbocycles. The van der Waals surface area contributed by atoms with E-state index >= 15 is 0 Å². The molecule has 7 heteroatoms. The Morgan fingerprint density at radius 2 is 1.88 bits per heavy atom. The highest BCUT2D eigenvalue weighted by Gasteiger charge is 2.31. The van der Waals surface area contributed by atoms with E-state index in [2.05, 4.69) is 4.98 Å². The summed E-state index contributed by atoms with van der Waals surface area (Å²) >= 11 is 0. The summed E-state index contributed by atoms with van der Waals surface area (Å²) in [7, 11) is -3.80. The molecule has 1 saturated heterocycles. The normalized spacial score (nSPS) is 16.9. The monoisotopic (exact) mass is 350 g/mol. The summed E-state index contributed by atoms with van der Waals surface area (Å²) < 4.78 is 46.1. The number of rotatable bonds is 4. The number of hydrogen-bond donors (Lipinski definition) is 0. The number of benzene rings is 1. The van der Waals surface area contributed by atoms with Crippen molar-refractivity contribution in [2.75, 3.05) is 13.1 Å². The van der Waals surface area contributed by atoms with Gasteiger partial charge in [-0.05, 0) is 44.0 Å². The molecule has 0 amide bonds. The Morgan fingerprint density at radius 3 is 2.50 bits per heavy atom. The van der Waals surface area contributed by atoms with Crippen LogP contribution in [0, 0.1) is 12.7 Å². The zero-order valence-corrected chi connectivity index (χ0v) is 14.2. The van der Waals surface area contributed by atoms with E-state index in [-0.39, 0.29) is 11.0 Å². The number of halogens is 1. The summed E-state index contributed by atoms with van der Waals surface area (Å²) in [5.74, 6) is -0.0439. The number of pyridine rings is 1. The molecule has 2 heterocycles. The topological polar surface area (TPSA) is 59.5 Å². The Morgan fingerprint density at radius 1 is 1.17 bits per heavy atom. The highest BCUT2D eigenvalue weighted by molar-refractivity contribution is 7.89. The zero-order chi connectivity index (χ0) is 17.2. The SMILES string of the molecule is Cc1ccc(OC2CCN(S(=O)(=O)c3ccccc3F)CC2)cn1. The second-order valence-electron chi connectivity index (χ2n) is 5.79. The third-order valence-electron chi connectivity index (χ3n) is 4.04. The van der Waals surface area contributed by atoms with Crippen LogP contribution in [-0.2, 0) is 10.0 Å².